The van der Waals surface area contributed by atoms with Crippen LogP contribution in [0.4, 0.5) is 0 Å². The van der Waals surface area contributed by atoms with Crippen LogP contribution in [0.1, 0.15) is 60.3 Å². The van der Waals surface area contributed by atoms with Gasteiger partial charge >= 0.3 is 11.9 Å². The monoisotopic (exact) mass is 319 g/mol. The zero-order valence-electron chi connectivity index (χ0n) is 14.1. The Balaban J connectivity index is 0.000000409. The van der Waals surface area contributed by atoms with Crippen LogP contribution in [0.15, 0.2) is 0 Å². The molecule has 7 heteroatoms. The van der Waals surface area contributed by atoms with Gasteiger partial charge in [0.1, 0.15) is 0 Å². The van der Waals surface area contributed by atoms with Crippen molar-refractivity contribution in [3.05, 3.63) is 0 Å². The second-order valence-corrected chi connectivity index (χ2v) is 6.90. The Morgan fingerprint density at radius 2 is 1.41 bits per heavy atom. The van der Waals surface area contributed by atoms with E-state index in [1.807, 2.05) is 13.8 Å². The molecule has 1 aliphatic rings. The van der Waals surface area contributed by atoms with Crippen LogP contribution in [0.5, 0.6) is 0 Å². The van der Waals surface area contributed by atoms with Crippen molar-refractivity contribution >= 4 is 11.9 Å². The molecule has 0 aromatic carbocycles. The van der Waals surface area contributed by atoms with Crippen molar-refractivity contribution in [1.82, 2.24) is 5.32 Å². The summed E-state index contributed by atoms with van der Waals surface area (Å²) in [5, 5.41) is 29.5. The maximum Gasteiger partial charge on any atom is 0.303 e. The molecule has 7 nitrogen and oxygen atoms in total. The van der Waals surface area contributed by atoms with Crippen LogP contribution in [-0.2, 0) is 14.3 Å². The van der Waals surface area contributed by atoms with Crippen LogP contribution >= 0.6 is 0 Å². The molecule has 130 valence electrons. The van der Waals surface area contributed by atoms with Crippen LogP contribution in [0, 0.1) is 0 Å². The van der Waals surface area contributed by atoms with Crippen LogP contribution in [0.3, 0.4) is 0 Å². The van der Waals surface area contributed by atoms with E-state index in [1.54, 1.807) is 6.92 Å². The third-order valence-electron chi connectivity index (χ3n) is 3.56. The molecule has 0 aromatic heterocycles. The lowest BCUT2D eigenvalue weighted by Crippen LogP contribution is -2.70. The number of aliphatic hydroxyl groups is 1. The van der Waals surface area contributed by atoms with E-state index in [2.05, 4.69) is 19.2 Å². The number of hydrogen-bond acceptors (Lipinski definition) is 5. The van der Waals surface area contributed by atoms with E-state index in [4.69, 9.17) is 14.9 Å². The molecule has 0 aromatic rings. The van der Waals surface area contributed by atoms with E-state index >= 15 is 0 Å². The lowest BCUT2D eigenvalue weighted by Gasteiger charge is -2.51. The highest BCUT2D eigenvalue weighted by atomic mass is 16.6. The summed E-state index contributed by atoms with van der Waals surface area (Å²) in [4.78, 5) is 19.8. The summed E-state index contributed by atoms with van der Waals surface area (Å²) in [5.74, 6) is -2.82. The first-order valence-electron chi connectivity index (χ1n) is 7.38. The number of unbranched alkanes of at least 4 members (excludes halogenated alkanes) is 1. The average Bonchev–Trinajstić information content (AvgIpc) is 2.30. The second kappa shape index (κ2) is 7.89. The zero-order valence-corrected chi connectivity index (χ0v) is 14.1. The number of carboxylic acid groups (broad SMARTS) is 2. The smallest absolute Gasteiger partial charge is 0.303 e. The van der Waals surface area contributed by atoms with E-state index in [0.717, 1.165) is 0 Å². The van der Waals surface area contributed by atoms with Gasteiger partial charge in [0.25, 0.3) is 0 Å². The Hall–Kier alpha value is -1.18. The van der Waals surface area contributed by atoms with Crippen molar-refractivity contribution in [2.45, 2.75) is 77.2 Å². The fourth-order valence-electron chi connectivity index (χ4n) is 2.05. The molecule has 0 aliphatic carbocycles. The average molecular weight is 319 g/mol. The van der Waals surface area contributed by atoms with Crippen LogP contribution in [0.2, 0.25) is 0 Å². The second-order valence-electron chi connectivity index (χ2n) is 6.90. The van der Waals surface area contributed by atoms with E-state index in [9.17, 15) is 14.7 Å². The van der Waals surface area contributed by atoms with Gasteiger partial charge in [0, 0.05) is 18.4 Å². The fourth-order valence-corrected chi connectivity index (χ4v) is 2.05. The van der Waals surface area contributed by atoms with Gasteiger partial charge in [-0.05, 0) is 47.5 Å². The first-order valence-corrected chi connectivity index (χ1v) is 7.38. The van der Waals surface area contributed by atoms with Crippen molar-refractivity contribution in [2.24, 2.45) is 0 Å². The molecule has 1 saturated heterocycles. The molecule has 0 radical (unpaired) electrons. The third kappa shape index (κ3) is 7.72. The molecular weight excluding hydrogens is 290 g/mol. The normalized spacial score (nSPS) is 25.7. The SMILES string of the molecule is CC1(C)COC(C)(O)C(C)(C)N1.O=C(O)CCCCC(=O)O. The van der Waals surface area contributed by atoms with Crippen molar-refractivity contribution < 1.29 is 29.6 Å². The molecule has 1 aliphatic heterocycles. The van der Waals surface area contributed by atoms with Crippen molar-refractivity contribution in [3.8, 4) is 0 Å². The van der Waals surface area contributed by atoms with E-state index in [1.165, 1.54) is 0 Å². The molecule has 1 unspecified atom stereocenters. The predicted octanol–water partition coefficient (Wildman–Crippen LogP) is 1.59. The Bertz CT molecular complexity index is 373. The minimum atomic E-state index is -1.08. The summed E-state index contributed by atoms with van der Waals surface area (Å²) in [6.45, 7) is 10.2. The largest absolute Gasteiger partial charge is 0.481 e. The molecule has 1 rings (SSSR count). The first-order chi connectivity index (χ1) is 9.79. The van der Waals surface area contributed by atoms with Gasteiger partial charge in [0.05, 0.1) is 12.1 Å². The highest BCUT2D eigenvalue weighted by Gasteiger charge is 2.48. The number of aliphatic carboxylic acids is 2. The van der Waals surface area contributed by atoms with E-state index in [-0.39, 0.29) is 18.4 Å². The van der Waals surface area contributed by atoms with Crippen LogP contribution < -0.4 is 5.32 Å². The topological polar surface area (TPSA) is 116 Å². The fraction of sp³-hybridized carbons (Fsp3) is 0.867. The summed E-state index contributed by atoms with van der Waals surface area (Å²) >= 11 is 0. The standard InChI is InChI=1S/C9H19NO2.C6H10O4/c1-7(2)6-12-9(5,11)8(3,4)10-7;7-5(8)3-1-2-4-6(9)10/h10-11H,6H2,1-5H3;1-4H2,(H,7,8)(H,9,10). The van der Waals surface area contributed by atoms with E-state index in [0.29, 0.717) is 19.4 Å². The molecule has 1 heterocycles. The van der Waals surface area contributed by atoms with Gasteiger partial charge < -0.3 is 20.1 Å². The summed E-state index contributed by atoms with van der Waals surface area (Å²) in [5.41, 5.74) is -0.472. The van der Waals surface area contributed by atoms with Crippen molar-refractivity contribution in [3.63, 3.8) is 0 Å². The number of carboxylic acids is 2. The Morgan fingerprint density at radius 3 is 1.68 bits per heavy atom. The summed E-state index contributed by atoms with van der Waals surface area (Å²) in [6.07, 6.45) is 1.02. The molecule has 0 bridgehead atoms. The summed E-state index contributed by atoms with van der Waals surface area (Å²) in [6, 6.07) is 0. The minimum Gasteiger partial charge on any atom is -0.481 e. The maximum absolute atomic E-state index is 9.90. The number of carbonyl (C=O) groups is 2. The number of nitrogens with one attached hydrogen (secondary N) is 1. The Kier molecular flexibility index (Phi) is 7.47. The van der Waals surface area contributed by atoms with Crippen molar-refractivity contribution in [2.75, 3.05) is 6.61 Å². The molecule has 1 atom stereocenters. The van der Waals surface area contributed by atoms with Gasteiger partial charge in [-0.1, -0.05) is 0 Å². The van der Waals surface area contributed by atoms with Gasteiger partial charge in [-0.2, -0.15) is 0 Å². The molecule has 0 saturated carbocycles. The Morgan fingerprint density at radius 1 is 1.00 bits per heavy atom. The zero-order chi connectivity index (χ0) is 17.6. The predicted molar refractivity (Wildman–Crippen MR) is 81.6 cm³/mol. The lowest BCUT2D eigenvalue weighted by atomic mass is 9.88. The van der Waals surface area contributed by atoms with Crippen molar-refractivity contribution in [1.29, 1.82) is 0 Å². The number of morpholine rings is 1. The first kappa shape index (κ1) is 20.8. The number of hydrogen-bond donors (Lipinski definition) is 4. The third-order valence-corrected chi connectivity index (χ3v) is 3.56. The molecule has 4 N–H and O–H groups in total. The summed E-state index contributed by atoms with van der Waals surface area (Å²) < 4.78 is 5.39. The highest BCUT2D eigenvalue weighted by molar-refractivity contribution is 5.67. The van der Waals surface area contributed by atoms with E-state index < -0.39 is 23.3 Å². The Labute approximate surface area is 131 Å². The van der Waals surface area contributed by atoms with Gasteiger partial charge in [-0.15, -0.1) is 0 Å². The molecule has 22 heavy (non-hydrogen) atoms. The van der Waals surface area contributed by atoms with Gasteiger partial charge in [-0.3, -0.25) is 14.9 Å². The van der Waals surface area contributed by atoms with Gasteiger partial charge in [0.2, 0.25) is 0 Å². The number of rotatable bonds is 5. The molecule has 0 spiro atoms. The minimum absolute atomic E-state index is 0.0628. The highest BCUT2D eigenvalue weighted by Crippen LogP contribution is 2.30. The maximum atomic E-state index is 9.90. The van der Waals surface area contributed by atoms with Crippen LogP contribution in [0.25, 0.3) is 0 Å². The molecule has 0 amide bonds. The lowest BCUT2D eigenvalue weighted by molar-refractivity contribution is -0.270. The quantitative estimate of drug-likeness (QED) is 0.569. The van der Waals surface area contributed by atoms with Crippen LogP contribution in [-0.4, -0.2) is 50.7 Å². The van der Waals surface area contributed by atoms with Gasteiger partial charge in [0.15, 0.2) is 5.79 Å². The van der Waals surface area contributed by atoms with Gasteiger partial charge in [-0.25, -0.2) is 0 Å². The number of ether oxygens (including phenoxy) is 1. The molecular formula is C15H29NO6. The molecule has 1 fully saturated rings. The summed E-state index contributed by atoms with van der Waals surface area (Å²) in [7, 11) is 0.